The van der Waals surface area contributed by atoms with Crippen molar-refractivity contribution in [3.05, 3.63) is 70.4 Å². The number of rotatable bonds is 4. The van der Waals surface area contributed by atoms with Gasteiger partial charge in [0, 0.05) is 29.4 Å². The molecule has 0 atom stereocenters. The van der Waals surface area contributed by atoms with Crippen molar-refractivity contribution in [2.45, 2.75) is 12.8 Å². The maximum Gasteiger partial charge on any atom is 0.291 e. The van der Waals surface area contributed by atoms with Crippen molar-refractivity contribution in [3.63, 3.8) is 0 Å². The molecule has 138 valence electrons. The fraction of sp³-hybridized carbons (Fsp3) is 0.190. The second-order valence-corrected chi connectivity index (χ2v) is 7.33. The summed E-state index contributed by atoms with van der Waals surface area (Å²) in [5, 5.41) is 4.12. The first-order chi connectivity index (χ1) is 13.1. The molecule has 1 saturated heterocycles. The van der Waals surface area contributed by atoms with E-state index in [1.165, 1.54) is 12.8 Å². The van der Waals surface area contributed by atoms with E-state index in [9.17, 15) is 4.79 Å². The molecule has 0 spiro atoms. The Balaban J connectivity index is 1.47. The van der Waals surface area contributed by atoms with Gasteiger partial charge in [0.1, 0.15) is 5.76 Å². The monoisotopic (exact) mass is 400 g/mol. The molecule has 2 heterocycles. The van der Waals surface area contributed by atoms with Crippen molar-refractivity contribution in [1.29, 1.82) is 0 Å². The molecular weight excluding hydrogens is 383 g/mol. The molecule has 0 radical (unpaired) electrons. The lowest BCUT2D eigenvalue weighted by atomic mass is 10.2. The lowest BCUT2D eigenvalue weighted by Gasteiger charge is -2.19. The molecule has 27 heavy (non-hydrogen) atoms. The van der Waals surface area contributed by atoms with E-state index in [1.807, 2.05) is 24.3 Å². The predicted octanol–water partition coefficient (Wildman–Crippen LogP) is 6.11. The number of carbonyl (C=O) groups excluding carboxylic acids is 1. The van der Waals surface area contributed by atoms with Gasteiger partial charge >= 0.3 is 0 Å². The van der Waals surface area contributed by atoms with Crippen molar-refractivity contribution >= 4 is 40.5 Å². The first kappa shape index (κ1) is 18.0. The van der Waals surface area contributed by atoms with Gasteiger partial charge in [-0.2, -0.15) is 0 Å². The quantitative estimate of drug-likeness (QED) is 0.574. The summed E-state index contributed by atoms with van der Waals surface area (Å²) in [4.78, 5) is 14.7. The van der Waals surface area contributed by atoms with Crippen LogP contribution < -0.4 is 10.2 Å². The summed E-state index contributed by atoms with van der Waals surface area (Å²) in [6.07, 6.45) is 2.37. The van der Waals surface area contributed by atoms with Crippen LogP contribution in [0.1, 0.15) is 23.4 Å². The standard InChI is InChI=1S/C21H18Cl2N2O2/c22-15-5-3-14(4-6-15)19-9-10-20(27-19)21(26)24-16-7-8-18(17(23)13-16)25-11-1-2-12-25/h3-10,13H,1-2,11-12H2,(H,24,26). The van der Waals surface area contributed by atoms with Crippen LogP contribution >= 0.6 is 23.2 Å². The van der Waals surface area contributed by atoms with Crippen molar-refractivity contribution in [2.24, 2.45) is 0 Å². The average molecular weight is 401 g/mol. The lowest BCUT2D eigenvalue weighted by molar-refractivity contribution is 0.0997. The van der Waals surface area contributed by atoms with E-state index in [0.717, 1.165) is 24.3 Å². The van der Waals surface area contributed by atoms with E-state index in [0.29, 0.717) is 21.5 Å². The molecule has 0 bridgehead atoms. The fourth-order valence-corrected chi connectivity index (χ4v) is 3.65. The molecule has 1 aliphatic heterocycles. The van der Waals surface area contributed by atoms with Crippen LogP contribution in [-0.4, -0.2) is 19.0 Å². The number of halogens is 2. The minimum absolute atomic E-state index is 0.236. The zero-order valence-corrected chi connectivity index (χ0v) is 16.1. The Kier molecular flexibility index (Phi) is 5.10. The third kappa shape index (κ3) is 3.97. The minimum atomic E-state index is -0.319. The Labute approximate surface area is 167 Å². The molecule has 3 aromatic rings. The van der Waals surface area contributed by atoms with E-state index >= 15 is 0 Å². The summed E-state index contributed by atoms with van der Waals surface area (Å²) in [5.74, 6) is 0.527. The second kappa shape index (κ2) is 7.67. The molecule has 1 fully saturated rings. The van der Waals surface area contributed by atoms with Gasteiger partial charge in [0.15, 0.2) is 5.76 Å². The number of amides is 1. The molecule has 0 unspecified atom stereocenters. The number of hydrogen-bond acceptors (Lipinski definition) is 3. The van der Waals surface area contributed by atoms with Gasteiger partial charge in [-0.25, -0.2) is 0 Å². The molecule has 0 saturated carbocycles. The van der Waals surface area contributed by atoms with Crippen LogP contribution in [0.4, 0.5) is 11.4 Å². The molecule has 1 aliphatic rings. The number of benzene rings is 2. The molecule has 1 amide bonds. The second-order valence-electron chi connectivity index (χ2n) is 6.49. The van der Waals surface area contributed by atoms with Gasteiger partial charge in [0.2, 0.25) is 0 Å². The summed E-state index contributed by atoms with van der Waals surface area (Å²) >= 11 is 12.3. The summed E-state index contributed by atoms with van der Waals surface area (Å²) in [6.45, 7) is 2.04. The number of carbonyl (C=O) groups is 1. The SMILES string of the molecule is O=C(Nc1ccc(N2CCCC2)c(Cl)c1)c1ccc(-c2ccc(Cl)cc2)o1. The summed E-state index contributed by atoms with van der Waals surface area (Å²) in [5.41, 5.74) is 2.50. The minimum Gasteiger partial charge on any atom is -0.451 e. The van der Waals surface area contributed by atoms with Gasteiger partial charge in [0.05, 0.1) is 10.7 Å². The van der Waals surface area contributed by atoms with E-state index in [1.54, 1.807) is 30.3 Å². The number of nitrogens with one attached hydrogen (secondary N) is 1. The van der Waals surface area contributed by atoms with Gasteiger partial charge in [0.25, 0.3) is 5.91 Å². The highest BCUT2D eigenvalue weighted by Gasteiger charge is 2.17. The largest absolute Gasteiger partial charge is 0.451 e. The number of furan rings is 1. The topological polar surface area (TPSA) is 45.5 Å². The Bertz CT molecular complexity index is 961. The zero-order valence-electron chi connectivity index (χ0n) is 14.5. The van der Waals surface area contributed by atoms with Crippen molar-refractivity contribution in [2.75, 3.05) is 23.3 Å². The van der Waals surface area contributed by atoms with Gasteiger partial charge in [-0.05, 0) is 67.4 Å². The molecular formula is C21H18Cl2N2O2. The number of anilines is 2. The highest BCUT2D eigenvalue weighted by molar-refractivity contribution is 6.33. The summed E-state index contributed by atoms with van der Waals surface area (Å²) in [6, 6.07) is 16.3. The Morgan fingerprint density at radius 1 is 0.963 bits per heavy atom. The Hall–Kier alpha value is -2.43. The van der Waals surface area contributed by atoms with Gasteiger partial charge in [-0.15, -0.1) is 0 Å². The fourth-order valence-electron chi connectivity index (χ4n) is 3.22. The third-order valence-electron chi connectivity index (χ3n) is 4.61. The van der Waals surface area contributed by atoms with Crippen LogP contribution in [0.15, 0.2) is 59.0 Å². The van der Waals surface area contributed by atoms with Crippen molar-refractivity contribution < 1.29 is 9.21 Å². The van der Waals surface area contributed by atoms with Crippen LogP contribution in [0, 0.1) is 0 Å². The van der Waals surface area contributed by atoms with Crippen LogP contribution in [0.2, 0.25) is 10.0 Å². The predicted molar refractivity (Wildman–Crippen MR) is 110 cm³/mol. The van der Waals surface area contributed by atoms with Crippen LogP contribution in [0.3, 0.4) is 0 Å². The first-order valence-corrected chi connectivity index (χ1v) is 9.57. The molecule has 1 aromatic heterocycles. The van der Waals surface area contributed by atoms with E-state index in [2.05, 4.69) is 10.2 Å². The molecule has 0 aliphatic carbocycles. The van der Waals surface area contributed by atoms with Crippen LogP contribution in [0.25, 0.3) is 11.3 Å². The molecule has 6 heteroatoms. The van der Waals surface area contributed by atoms with Gasteiger partial charge in [-0.3, -0.25) is 4.79 Å². The summed E-state index contributed by atoms with van der Waals surface area (Å²) < 4.78 is 5.68. The third-order valence-corrected chi connectivity index (χ3v) is 5.17. The normalized spacial score (nSPS) is 13.8. The van der Waals surface area contributed by atoms with Gasteiger partial charge in [-0.1, -0.05) is 23.2 Å². The first-order valence-electron chi connectivity index (χ1n) is 8.82. The average Bonchev–Trinajstić information content (AvgIpc) is 3.35. The zero-order chi connectivity index (χ0) is 18.8. The van der Waals surface area contributed by atoms with Crippen LogP contribution in [0.5, 0.6) is 0 Å². The lowest BCUT2D eigenvalue weighted by Crippen LogP contribution is -2.18. The molecule has 2 aromatic carbocycles. The molecule has 4 nitrogen and oxygen atoms in total. The number of hydrogen-bond donors (Lipinski definition) is 1. The van der Waals surface area contributed by atoms with E-state index in [-0.39, 0.29) is 11.7 Å². The van der Waals surface area contributed by atoms with Crippen molar-refractivity contribution in [3.8, 4) is 11.3 Å². The highest BCUT2D eigenvalue weighted by Crippen LogP contribution is 2.31. The van der Waals surface area contributed by atoms with E-state index < -0.39 is 0 Å². The van der Waals surface area contributed by atoms with Crippen molar-refractivity contribution in [1.82, 2.24) is 0 Å². The molecule has 4 rings (SSSR count). The Morgan fingerprint density at radius 3 is 2.41 bits per heavy atom. The maximum atomic E-state index is 12.5. The van der Waals surface area contributed by atoms with E-state index in [4.69, 9.17) is 27.6 Å². The summed E-state index contributed by atoms with van der Waals surface area (Å²) in [7, 11) is 0. The van der Waals surface area contributed by atoms with Gasteiger partial charge < -0.3 is 14.6 Å². The Morgan fingerprint density at radius 2 is 1.70 bits per heavy atom. The number of nitrogens with zero attached hydrogens (tertiary/aromatic N) is 1. The van der Waals surface area contributed by atoms with Crippen LogP contribution in [-0.2, 0) is 0 Å². The molecule has 1 N–H and O–H groups in total. The highest BCUT2D eigenvalue weighted by atomic mass is 35.5. The smallest absolute Gasteiger partial charge is 0.291 e. The maximum absolute atomic E-state index is 12.5.